The summed E-state index contributed by atoms with van der Waals surface area (Å²) in [7, 11) is 2.70. The van der Waals surface area contributed by atoms with Crippen molar-refractivity contribution in [2.45, 2.75) is 13.8 Å². The first kappa shape index (κ1) is 14.6. The SMILES string of the molecule is CC=NOc1ncnc(C)c1/C(=C\OC)C(=O)OC. The zero-order valence-corrected chi connectivity index (χ0v) is 11.2. The smallest absolute Gasteiger partial charge is 0.341 e. The molecule has 0 aliphatic carbocycles. The van der Waals surface area contributed by atoms with Crippen LogP contribution in [0, 0.1) is 6.92 Å². The van der Waals surface area contributed by atoms with Crippen molar-refractivity contribution in [1.82, 2.24) is 9.97 Å². The number of aromatic nitrogens is 2. The molecule has 0 aromatic carbocycles. The molecular weight excluding hydrogens is 250 g/mol. The highest BCUT2D eigenvalue weighted by Gasteiger charge is 2.22. The highest BCUT2D eigenvalue weighted by atomic mass is 16.6. The van der Waals surface area contributed by atoms with E-state index in [2.05, 4.69) is 15.1 Å². The van der Waals surface area contributed by atoms with E-state index in [4.69, 9.17) is 14.3 Å². The first-order valence-corrected chi connectivity index (χ1v) is 5.43. The van der Waals surface area contributed by atoms with Gasteiger partial charge in [0.05, 0.1) is 31.7 Å². The van der Waals surface area contributed by atoms with Crippen LogP contribution in [0.1, 0.15) is 18.2 Å². The number of rotatable bonds is 5. The number of methoxy groups -OCH3 is 2. The fourth-order valence-electron chi connectivity index (χ4n) is 1.37. The Morgan fingerprint density at radius 2 is 2.11 bits per heavy atom. The van der Waals surface area contributed by atoms with Gasteiger partial charge < -0.3 is 14.3 Å². The average Bonchev–Trinajstić information content (AvgIpc) is 2.42. The highest BCUT2D eigenvalue weighted by molar-refractivity contribution is 6.17. The summed E-state index contributed by atoms with van der Waals surface area (Å²) in [4.78, 5) is 24.8. The van der Waals surface area contributed by atoms with Gasteiger partial charge in [0.25, 0.3) is 5.88 Å². The summed E-state index contributed by atoms with van der Waals surface area (Å²) in [6.45, 7) is 3.41. The Morgan fingerprint density at radius 1 is 1.37 bits per heavy atom. The Bertz CT molecular complexity index is 512. The van der Waals surface area contributed by atoms with Crippen LogP contribution in [0.2, 0.25) is 0 Å². The lowest BCUT2D eigenvalue weighted by atomic mass is 10.1. The molecule has 0 N–H and O–H groups in total. The second-order valence-electron chi connectivity index (χ2n) is 3.35. The second kappa shape index (κ2) is 7.10. The van der Waals surface area contributed by atoms with E-state index in [1.807, 2.05) is 0 Å². The van der Waals surface area contributed by atoms with E-state index >= 15 is 0 Å². The Labute approximate surface area is 110 Å². The quantitative estimate of drug-likeness (QED) is 0.262. The Morgan fingerprint density at radius 3 is 2.68 bits per heavy atom. The van der Waals surface area contributed by atoms with Crippen molar-refractivity contribution in [3.8, 4) is 5.88 Å². The topological polar surface area (TPSA) is 82.9 Å². The maximum Gasteiger partial charge on any atom is 0.341 e. The van der Waals surface area contributed by atoms with E-state index in [-0.39, 0.29) is 11.5 Å². The molecule has 1 heterocycles. The van der Waals surface area contributed by atoms with E-state index in [9.17, 15) is 4.79 Å². The van der Waals surface area contributed by atoms with E-state index in [1.165, 1.54) is 33.0 Å². The van der Waals surface area contributed by atoms with Gasteiger partial charge in [-0.25, -0.2) is 9.78 Å². The minimum Gasteiger partial charge on any atom is -0.503 e. The Balaban J connectivity index is 3.36. The number of nitrogens with zero attached hydrogens (tertiary/aromatic N) is 3. The van der Waals surface area contributed by atoms with Crippen molar-refractivity contribution in [1.29, 1.82) is 0 Å². The monoisotopic (exact) mass is 265 g/mol. The molecule has 7 heteroatoms. The molecule has 0 saturated heterocycles. The number of hydrogen-bond acceptors (Lipinski definition) is 7. The lowest BCUT2D eigenvalue weighted by molar-refractivity contribution is -0.133. The third-order valence-electron chi connectivity index (χ3n) is 2.16. The number of esters is 1. The van der Waals surface area contributed by atoms with Crippen molar-refractivity contribution in [2.24, 2.45) is 5.16 Å². The van der Waals surface area contributed by atoms with Crippen LogP contribution >= 0.6 is 0 Å². The van der Waals surface area contributed by atoms with E-state index in [0.29, 0.717) is 11.3 Å². The zero-order chi connectivity index (χ0) is 14.3. The van der Waals surface area contributed by atoms with Crippen molar-refractivity contribution < 1.29 is 19.1 Å². The number of hydrogen-bond donors (Lipinski definition) is 0. The summed E-state index contributed by atoms with van der Waals surface area (Å²) < 4.78 is 9.58. The van der Waals surface area contributed by atoms with Gasteiger partial charge in [0.2, 0.25) is 0 Å². The molecule has 102 valence electrons. The standard InChI is InChI=1S/C12H15N3O4/c1-5-15-19-11-10(8(2)13-7-14-11)9(6-17-3)12(16)18-4/h5-7H,1-4H3/b9-6+,15-5?. The largest absolute Gasteiger partial charge is 0.503 e. The normalized spacial score (nSPS) is 11.5. The second-order valence-corrected chi connectivity index (χ2v) is 3.35. The lowest BCUT2D eigenvalue weighted by Crippen LogP contribution is -2.09. The predicted octanol–water partition coefficient (Wildman–Crippen LogP) is 1.33. The van der Waals surface area contributed by atoms with Crippen LogP contribution in [0.3, 0.4) is 0 Å². The van der Waals surface area contributed by atoms with Gasteiger partial charge >= 0.3 is 5.97 Å². The number of aryl methyl sites for hydroxylation is 1. The molecule has 0 bridgehead atoms. The van der Waals surface area contributed by atoms with Gasteiger partial charge in [0, 0.05) is 6.21 Å². The van der Waals surface area contributed by atoms with Crippen molar-refractivity contribution in [3.63, 3.8) is 0 Å². The van der Waals surface area contributed by atoms with Gasteiger partial charge in [0.1, 0.15) is 11.9 Å². The molecule has 7 nitrogen and oxygen atoms in total. The van der Waals surface area contributed by atoms with Crippen LogP contribution in [0.25, 0.3) is 5.57 Å². The van der Waals surface area contributed by atoms with E-state index in [0.717, 1.165) is 0 Å². The van der Waals surface area contributed by atoms with Crippen LogP contribution in [-0.4, -0.2) is 36.4 Å². The van der Waals surface area contributed by atoms with Crippen molar-refractivity contribution >= 4 is 17.8 Å². The van der Waals surface area contributed by atoms with Crippen LogP contribution in [0.4, 0.5) is 0 Å². The molecule has 19 heavy (non-hydrogen) atoms. The van der Waals surface area contributed by atoms with Crippen LogP contribution in [-0.2, 0) is 14.3 Å². The van der Waals surface area contributed by atoms with Gasteiger partial charge in [-0.15, -0.1) is 0 Å². The lowest BCUT2D eigenvalue weighted by Gasteiger charge is -2.10. The zero-order valence-electron chi connectivity index (χ0n) is 11.2. The maximum atomic E-state index is 11.8. The van der Waals surface area contributed by atoms with Gasteiger partial charge in [-0.1, -0.05) is 5.16 Å². The molecular formula is C12H15N3O4. The minimum absolute atomic E-state index is 0.152. The van der Waals surface area contributed by atoms with Crippen LogP contribution in [0.15, 0.2) is 17.7 Å². The maximum absolute atomic E-state index is 11.8. The molecule has 0 spiro atoms. The minimum atomic E-state index is -0.579. The molecule has 0 unspecified atom stereocenters. The van der Waals surface area contributed by atoms with E-state index in [1.54, 1.807) is 13.8 Å². The number of carbonyl (C=O) groups is 1. The van der Waals surface area contributed by atoms with Gasteiger partial charge in [-0.2, -0.15) is 4.98 Å². The third-order valence-corrected chi connectivity index (χ3v) is 2.16. The molecule has 0 amide bonds. The summed E-state index contributed by atoms with van der Waals surface area (Å²) in [6.07, 6.45) is 4.03. The molecule has 0 aliphatic rings. The summed E-state index contributed by atoms with van der Waals surface area (Å²) in [5, 5.41) is 3.64. The molecule has 0 saturated carbocycles. The molecule has 0 atom stereocenters. The molecule has 1 aromatic rings. The number of ether oxygens (including phenoxy) is 2. The summed E-state index contributed by atoms with van der Waals surface area (Å²) >= 11 is 0. The fourth-order valence-corrected chi connectivity index (χ4v) is 1.37. The highest BCUT2D eigenvalue weighted by Crippen LogP contribution is 2.27. The van der Waals surface area contributed by atoms with Gasteiger partial charge in [-0.05, 0) is 13.8 Å². The Hall–Kier alpha value is -2.44. The van der Waals surface area contributed by atoms with Gasteiger partial charge in [0.15, 0.2) is 0 Å². The summed E-state index contributed by atoms with van der Waals surface area (Å²) in [5.74, 6) is -0.427. The van der Waals surface area contributed by atoms with E-state index < -0.39 is 5.97 Å². The third kappa shape index (κ3) is 3.51. The van der Waals surface area contributed by atoms with Gasteiger partial charge in [-0.3, -0.25) is 0 Å². The number of oxime groups is 1. The summed E-state index contributed by atoms with van der Waals surface area (Å²) in [5.41, 5.74) is 1.08. The average molecular weight is 265 g/mol. The molecule has 0 radical (unpaired) electrons. The van der Waals surface area contributed by atoms with Crippen LogP contribution in [0.5, 0.6) is 5.88 Å². The first-order chi connectivity index (χ1) is 9.15. The molecule has 1 aromatic heterocycles. The van der Waals surface area contributed by atoms with Crippen LogP contribution < -0.4 is 4.84 Å². The molecule has 0 aliphatic heterocycles. The summed E-state index contributed by atoms with van der Waals surface area (Å²) in [6, 6.07) is 0. The fraction of sp³-hybridized carbons (Fsp3) is 0.333. The molecule has 0 fully saturated rings. The molecule has 1 rings (SSSR count). The number of carbonyl (C=O) groups excluding carboxylic acids is 1. The van der Waals surface area contributed by atoms with Crippen molar-refractivity contribution in [3.05, 3.63) is 23.8 Å². The first-order valence-electron chi connectivity index (χ1n) is 5.43. The van der Waals surface area contributed by atoms with Crippen molar-refractivity contribution in [2.75, 3.05) is 14.2 Å². The Kier molecular flexibility index (Phi) is 5.46. The predicted molar refractivity (Wildman–Crippen MR) is 68.6 cm³/mol.